The van der Waals surface area contributed by atoms with Crippen molar-refractivity contribution in [3.05, 3.63) is 51.2 Å². The predicted octanol–water partition coefficient (Wildman–Crippen LogP) is 1.75. The Labute approximate surface area is 155 Å². The molecule has 0 aromatic heterocycles. The highest BCUT2D eigenvalue weighted by molar-refractivity contribution is 6.07. The van der Waals surface area contributed by atoms with Gasteiger partial charge in [0.05, 0.1) is 24.2 Å². The number of carbonyl (C=O) groups excluding carboxylic acids is 2. The van der Waals surface area contributed by atoms with Gasteiger partial charge in [-0.3, -0.25) is 19.9 Å². The minimum Gasteiger partial charge on any atom is -0.468 e. The number of rotatable bonds is 6. The number of benzene rings is 1. The summed E-state index contributed by atoms with van der Waals surface area (Å²) in [5, 5.41) is 20.1. The van der Waals surface area contributed by atoms with Crippen LogP contribution in [0.4, 0.5) is 5.69 Å². The molecule has 0 amide bonds. The average molecular weight is 376 g/mol. The fraction of sp³-hybridized carbons (Fsp3) is 0.389. The number of non-ortho nitro benzene ring substituents is 1. The van der Waals surface area contributed by atoms with E-state index in [1.807, 2.05) is 0 Å². The van der Waals surface area contributed by atoms with Crippen molar-refractivity contribution >= 4 is 23.3 Å². The van der Waals surface area contributed by atoms with E-state index in [0.29, 0.717) is 17.0 Å². The lowest BCUT2D eigenvalue weighted by molar-refractivity contribution is -0.384. The minimum atomic E-state index is -0.933. The summed E-state index contributed by atoms with van der Waals surface area (Å²) in [5.74, 6) is -3.16. The maximum atomic E-state index is 12.6. The number of aliphatic hydroxyl groups excluding tert-OH is 1. The van der Waals surface area contributed by atoms with Crippen molar-refractivity contribution < 1.29 is 29.1 Å². The number of aliphatic imine (C=N–C) groups is 1. The maximum Gasteiger partial charge on any atom is 0.336 e. The van der Waals surface area contributed by atoms with Crippen LogP contribution in [0.25, 0.3) is 0 Å². The van der Waals surface area contributed by atoms with Crippen LogP contribution in [-0.4, -0.2) is 48.0 Å². The average Bonchev–Trinajstić information content (AvgIpc) is 2.64. The number of carbonyl (C=O) groups is 2. The SMILES string of the molecule is COC(=O)C1C(C)=NC(C)=C(C(=O)OCCO)C1c1cccc([N+](=O)[O-])c1. The van der Waals surface area contributed by atoms with Gasteiger partial charge in [-0.05, 0) is 19.4 Å². The Hall–Kier alpha value is -3.07. The van der Waals surface area contributed by atoms with Gasteiger partial charge in [-0.1, -0.05) is 12.1 Å². The second-order valence-corrected chi connectivity index (χ2v) is 5.94. The largest absolute Gasteiger partial charge is 0.468 e. The van der Waals surface area contributed by atoms with Gasteiger partial charge in [0.25, 0.3) is 5.69 Å². The first kappa shape index (κ1) is 20.2. The molecule has 2 unspecified atom stereocenters. The molecule has 9 nitrogen and oxygen atoms in total. The molecule has 1 aromatic rings. The summed E-state index contributed by atoms with van der Waals surface area (Å²) < 4.78 is 9.89. The number of nitro benzene ring substituents is 1. The van der Waals surface area contributed by atoms with Crippen LogP contribution in [-0.2, 0) is 19.1 Å². The molecule has 0 saturated carbocycles. The second kappa shape index (κ2) is 8.54. The number of nitro groups is 1. The molecule has 2 atom stereocenters. The zero-order valence-corrected chi connectivity index (χ0v) is 15.2. The molecule has 1 aromatic carbocycles. The van der Waals surface area contributed by atoms with Crippen molar-refractivity contribution in [1.29, 1.82) is 0 Å². The van der Waals surface area contributed by atoms with E-state index < -0.39 is 28.7 Å². The number of ether oxygens (including phenoxy) is 2. The van der Waals surface area contributed by atoms with Gasteiger partial charge in [0.15, 0.2) is 0 Å². The van der Waals surface area contributed by atoms with Gasteiger partial charge in [0.1, 0.15) is 12.5 Å². The molecule has 1 aliphatic heterocycles. The van der Waals surface area contributed by atoms with Crippen molar-refractivity contribution in [3.63, 3.8) is 0 Å². The Morgan fingerprint density at radius 2 is 2.04 bits per heavy atom. The van der Waals surface area contributed by atoms with Crippen molar-refractivity contribution in [2.45, 2.75) is 19.8 Å². The second-order valence-electron chi connectivity index (χ2n) is 5.94. The number of hydrogen-bond acceptors (Lipinski definition) is 8. The first-order chi connectivity index (χ1) is 12.8. The maximum absolute atomic E-state index is 12.6. The summed E-state index contributed by atoms with van der Waals surface area (Å²) in [6.45, 7) is 2.65. The van der Waals surface area contributed by atoms with Gasteiger partial charge < -0.3 is 14.6 Å². The highest BCUT2D eigenvalue weighted by Gasteiger charge is 2.42. The molecule has 1 aliphatic rings. The van der Waals surface area contributed by atoms with E-state index in [0.717, 1.165) is 0 Å². The van der Waals surface area contributed by atoms with Gasteiger partial charge in [0.2, 0.25) is 0 Å². The van der Waals surface area contributed by atoms with E-state index in [4.69, 9.17) is 14.6 Å². The van der Waals surface area contributed by atoms with Crippen molar-refractivity contribution in [3.8, 4) is 0 Å². The van der Waals surface area contributed by atoms with Crippen molar-refractivity contribution in [2.75, 3.05) is 20.3 Å². The number of nitrogens with zero attached hydrogens (tertiary/aromatic N) is 2. The quantitative estimate of drug-likeness (QED) is 0.455. The fourth-order valence-electron chi connectivity index (χ4n) is 3.14. The molecule has 0 radical (unpaired) electrons. The molecule has 0 aliphatic carbocycles. The Morgan fingerprint density at radius 1 is 1.33 bits per heavy atom. The molecule has 144 valence electrons. The number of esters is 2. The molecule has 9 heteroatoms. The first-order valence-electron chi connectivity index (χ1n) is 8.18. The monoisotopic (exact) mass is 376 g/mol. The highest BCUT2D eigenvalue weighted by atomic mass is 16.6. The lowest BCUT2D eigenvalue weighted by atomic mass is 9.75. The summed E-state index contributed by atoms with van der Waals surface area (Å²) >= 11 is 0. The van der Waals surface area contributed by atoms with Crippen LogP contribution in [0.3, 0.4) is 0 Å². The van der Waals surface area contributed by atoms with Gasteiger partial charge in [-0.2, -0.15) is 0 Å². The lowest BCUT2D eigenvalue weighted by Gasteiger charge is -2.31. The predicted molar refractivity (Wildman–Crippen MR) is 95.2 cm³/mol. The minimum absolute atomic E-state index is 0.102. The van der Waals surface area contributed by atoms with Crippen LogP contribution in [0.5, 0.6) is 0 Å². The van der Waals surface area contributed by atoms with E-state index in [9.17, 15) is 19.7 Å². The topological polar surface area (TPSA) is 128 Å². The molecule has 2 rings (SSSR count). The summed E-state index contributed by atoms with van der Waals surface area (Å²) in [6.07, 6.45) is 0. The Balaban J connectivity index is 2.64. The summed E-state index contributed by atoms with van der Waals surface area (Å²) in [6, 6.07) is 5.71. The lowest BCUT2D eigenvalue weighted by Crippen LogP contribution is -2.36. The first-order valence-corrected chi connectivity index (χ1v) is 8.18. The Bertz CT molecular complexity index is 829. The summed E-state index contributed by atoms with van der Waals surface area (Å²) in [4.78, 5) is 39.9. The molecule has 0 bridgehead atoms. The third-order valence-electron chi connectivity index (χ3n) is 4.27. The van der Waals surface area contributed by atoms with Crippen LogP contribution in [0.15, 0.2) is 40.5 Å². The fourth-order valence-corrected chi connectivity index (χ4v) is 3.14. The van der Waals surface area contributed by atoms with Gasteiger partial charge in [0, 0.05) is 29.5 Å². The van der Waals surface area contributed by atoms with E-state index in [1.54, 1.807) is 19.9 Å². The van der Waals surface area contributed by atoms with Crippen molar-refractivity contribution in [1.82, 2.24) is 0 Å². The normalized spacial score (nSPS) is 19.3. The molecule has 27 heavy (non-hydrogen) atoms. The van der Waals surface area contributed by atoms with E-state index in [2.05, 4.69) is 4.99 Å². The molecule has 0 saturated heterocycles. The third kappa shape index (κ3) is 4.20. The Kier molecular flexibility index (Phi) is 6.40. The number of methoxy groups -OCH3 is 1. The van der Waals surface area contributed by atoms with Gasteiger partial charge in [-0.15, -0.1) is 0 Å². The molecular weight excluding hydrogens is 356 g/mol. The van der Waals surface area contributed by atoms with Crippen molar-refractivity contribution in [2.24, 2.45) is 10.9 Å². The molecular formula is C18H20N2O7. The highest BCUT2D eigenvalue weighted by Crippen LogP contribution is 2.40. The smallest absolute Gasteiger partial charge is 0.336 e. The zero-order chi connectivity index (χ0) is 20.1. The van der Waals surface area contributed by atoms with Gasteiger partial charge in [-0.25, -0.2) is 4.79 Å². The van der Waals surface area contributed by atoms with E-state index in [-0.39, 0.29) is 24.5 Å². The third-order valence-corrected chi connectivity index (χ3v) is 4.27. The molecule has 0 fully saturated rings. The summed E-state index contributed by atoms with van der Waals surface area (Å²) in [7, 11) is 1.22. The van der Waals surface area contributed by atoms with Crippen LogP contribution >= 0.6 is 0 Å². The van der Waals surface area contributed by atoms with Crippen LogP contribution in [0.1, 0.15) is 25.3 Å². The van der Waals surface area contributed by atoms with Crippen LogP contribution in [0.2, 0.25) is 0 Å². The van der Waals surface area contributed by atoms with Crippen LogP contribution < -0.4 is 0 Å². The standard InChI is InChI=1S/C18H20N2O7/c1-10-14(17(22)26-3)16(12-5-4-6-13(9-12)20(24)25)15(11(2)19-10)18(23)27-8-7-21/h4-6,9,14,16,21H,7-8H2,1-3H3. The number of aliphatic hydroxyl groups is 1. The molecule has 1 heterocycles. The Morgan fingerprint density at radius 3 is 2.63 bits per heavy atom. The van der Waals surface area contributed by atoms with E-state index >= 15 is 0 Å². The van der Waals surface area contributed by atoms with Gasteiger partial charge >= 0.3 is 11.9 Å². The molecule has 0 spiro atoms. The number of hydrogen-bond donors (Lipinski definition) is 1. The molecule has 1 N–H and O–H groups in total. The summed E-state index contributed by atoms with van der Waals surface area (Å²) in [5.41, 5.74) is 1.09. The van der Waals surface area contributed by atoms with E-state index in [1.165, 1.54) is 25.3 Å². The number of allylic oxidation sites excluding steroid dienone is 1. The zero-order valence-electron chi connectivity index (χ0n) is 15.2. The van der Waals surface area contributed by atoms with Crippen LogP contribution in [0, 0.1) is 16.0 Å².